The van der Waals surface area contributed by atoms with E-state index in [1.165, 1.54) is 17.2 Å². The van der Waals surface area contributed by atoms with Gasteiger partial charge in [0.2, 0.25) is 0 Å². The van der Waals surface area contributed by atoms with Crippen molar-refractivity contribution in [2.24, 2.45) is 10.8 Å². The summed E-state index contributed by atoms with van der Waals surface area (Å²) in [5.74, 6) is -0.556. The molecule has 0 radical (unpaired) electrons. The summed E-state index contributed by atoms with van der Waals surface area (Å²) in [5.41, 5.74) is 4.13. The average Bonchev–Trinajstić information content (AvgIpc) is 2.53. The summed E-state index contributed by atoms with van der Waals surface area (Å²) in [4.78, 5) is 11.6. The maximum atomic E-state index is 13.8. The molecule has 152 valence electrons. The van der Waals surface area contributed by atoms with Crippen molar-refractivity contribution in [1.82, 2.24) is 0 Å². The normalized spacial score (nSPS) is 27.2. The van der Waals surface area contributed by atoms with Gasteiger partial charge in [-0.1, -0.05) is 39.8 Å². The van der Waals surface area contributed by atoms with Gasteiger partial charge < -0.3 is 9.84 Å². The molecule has 0 bridgehead atoms. The van der Waals surface area contributed by atoms with E-state index in [1.807, 2.05) is 18.2 Å². The number of aryl methyl sites for hydroxylation is 1. The highest BCUT2D eigenvalue weighted by Gasteiger charge is 2.38. The highest BCUT2D eigenvalue weighted by Crippen LogP contribution is 2.52. The van der Waals surface area contributed by atoms with E-state index in [-0.39, 0.29) is 29.0 Å². The number of hydrogen-bond donors (Lipinski definition) is 1. The first-order valence-corrected chi connectivity index (χ1v) is 10.0. The number of benzene rings is 1. The number of esters is 1. The first-order valence-electron chi connectivity index (χ1n) is 10.0. The smallest absolute Gasteiger partial charge is 0.309 e. The molecule has 1 aromatic rings. The number of rotatable bonds is 3. The molecule has 1 N–H and O–H groups in total. The summed E-state index contributed by atoms with van der Waals surface area (Å²) in [6.45, 7) is 10.8. The molecule has 1 heterocycles. The van der Waals surface area contributed by atoms with Crippen LogP contribution in [0.4, 0.5) is 4.39 Å². The van der Waals surface area contributed by atoms with E-state index < -0.39 is 12.2 Å². The molecule has 0 saturated carbocycles. The van der Waals surface area contributed by atoms with Crippen LogP contribution < -0.4 is 0 Å². The van der Waals surface area contributed by atoms with Crippen LogP contribution in [-0.2, 0) is 9.53 Å². The number of halogens is 1. The van der Waals surface area contributed by atoms with Gasteiger partial charge in [-0.15, -0.1) is 0 Å². The van der Waals surface area contributed by atoms with Crippen molar-refractivity contribution < 1.29 is 19.0 Å². The number of aliphatic hydroxyl groups is 1. The molecule has 1 fully saturated rings. The predicted octanol–water partition coefficient (Wildman–Crippen LogP) is 5.36. The molecule has 3 nitrogen and oxygen atoms in total. The zero-order chi connectivity index (χ0) is 20.7. The van der Waals surface area contributed by atoms with Crippen LogP contribution in [0.1, 0.15) is 64.5 Å². The fraction of sp³-hybridized carbons (Fsp3) is 0.542. The molecule has 1 aliphatic carbocycles. The van der Waals surface area contributed by atoms with Crippen LogP contribution in [0.5, 0.6) is 0 Å². The van der Waals surface area contributed by atoms with Crippen LogP contribution in [0.15, 0.2) is 35.9 Å². The molecule has 1 aliphatic heterocycles. The summed E-state index contributed by atoms with van der Waals surface area (Å²) in [6.07, 6.45) is 5.29. The van der Waals surface area contributed by atoms with Crippen molar-refractivity contribution in [3.05, 3.63) is 52.9 Å². The number of cyclic esters (lactones) is 1. The largest absolute Gasteiger partial charge is 0.458 e. The lowest BCUT2D eigenvalue weighted by molar-refractivity contribution is -0.156. The Labute approximate surface area is 167 Å². The lowest BCUT2D eigenvalue weighted by Crippen LogP contribution is -2.32. The molecule has 1 aromatic carbocycles. The number of hydrogen-bond acceptors (Lipinski definition) is 3. The topological polar surface area (TPSA) is 46.5 Å². The van der Waals surface area contributed by atoms with E-state index in [0.717, 1.165) is 18.4 Å². The van der Waals surface area contributed by atoms with E-state index in [9.17, 15) is 14.3 Å². The first-order chi connectivity index (χ1) is 13.0. The highest BCUT2D eigenvalue weighted by atomic mass is 19.1. The highest BCUT2D eigenvalue weighted by molar-refractivity contribution is 5.74. The fourth-order valence-corrected chi connectivity index (χ4v) is 4.88. The quantitative estimate of drug-likeness (QED) is 0.712. The van der Waals surface area contributed by atoms with E-state index in [0.29, 0.717) is 12.0 Å². The van der Waals surface area contributed by atoms with Crippen LogP contribution in [0.3, 0.4) is 0 Å². The van der Waals surface area contributed by atoms with Gasteiger partial charge in [0.1, 0.15) is 11.9 Å². The Morgan fingerprint density at radius 3 is 2.61 bits per heavy atom. The van der Waals surface area contributed by atoms with E-state index in [4.69, 9.17) is 4.74 Å². The van der Waals surface area contributed by atoms with Gasteiger partial charge in [-0.3, -0.25) is 4.79 Å². The molecule has 2 aliphatic rings. The van der Waals surface area contributed by atoms with Crippen molar-refractivity contribution in [3.63, 3.8) is 0 Å². The first kappa shape index (κ1) is 20.8. The van der Waals surface area contributed by atoms with E-state index in [1.54, 1.807) is 6.92 Å². The lowest BCUT2D eigenvalue weighted by Gasteiger charge is -2.43. The van der Waals surface area contributed by atoms with Gasteiger partial charge in [-0.05, 0) is 71.1 Å². The van der Waals surface area contributed by atoms with Crippen molar-refractivity contribution in [2.75, 3.05) is 0 Å². The van der Waals surface area contributed by atoms with Crippen LogP contribution in [0.2, 0.25) is 0 Å². The maximum Gasteiger partial charge on any atom is 0.309 e. The molecule has 2 atom stereocenters. The third-order valence-electron chi connectivity index (χ3n) is 5.80. The Bertz CT molecular complexity index is 832. The van der Waals surface area contributed by atoms with Gasteiger partial charge in [-0.25, -0.2) is 4.39 Å². The van der Waals surface area contributed by atoms with Crippen molar-refractivity contribution in [1.29, 1.82) is 0 Å². The van der Waals surface area contributed by atoms with Crippen LogP contribution in [0.25, 0.3) is 5.57 Å². The molecule has 0 aromatic heterocycles. The van der Waals surface area contributed by atoms with Crippen molar-refractivity contribution in [3.8, 4) is 0 Å². The predicted molar refractivity (Wildman–Crippen MR) is 109 cm³/mol. The number of ether oxygens (including phenoxy) is 1. The minimum absolute atomic E-state index is 0.0623. The monoisotopic (exact) mass is 386 g/mol. The molecular weight excluding hydrogens is 355 g/mol. The molecule has 0 unspecified atom stereocenters. The number of carbonyl (C=O) groups is 1. The SMILES string of the molecule is Cc1cc(C2=C(/C=C/[C@@H]3C[C@H](O)CC(=O)O3)C(C)(C)CC(C)(C)C2)ccc1F. The molecule has 28 heavy (non-hydrogen) atoms. The zero-order valence-corrected chi connectivity index (χ0v) is 17.5. The van der Waals surface area contributed by atoms with Gasteiger partial charge >= 0.3 is 5.97 Å². The minimum atomic E-state index is -0.651. The Morgan fingerprint density at radius 1 is 1.25 bits per heavy atom. The summed E-state index contributed by atoms with van der Waals surface area (Å²) >= 11 is 0. The van der Waals surface area contributed by atoms with Gasteiger partial charge in [-0.2, -0.15) is 0 Å². The number of aliphatic hydroxyl groups excluding tert-OH is 1. The molecule has 0 amide bonds. The standard InChI is InChI=1S/C24H31FO3/c1-15-10-16(6-9-21(15)25)19-13-23(2,3)14-24(4,5)20(19)8-7-18-11-17(26)12-22(27)28-18/h6-10,17-18,26H,11-14H2,1-5H3/b8-7+/t17-,18+/m0/s1. The summed E-state index contributed by atoms with van der Waals surface area (Å²) in [6, 6.07) is 5.31. The van der Waals surface area contributed by atoms with E-state index >= 15 is 0 Å². The Kier molecular flexibility index (Phi) is 5.55. The van der Waals surface area contributed by atoms with Crippen LogP contribution >= 0.6 is 0 Å². The van der Waals surface area contributed by atoms with Gasteiger partial charge in [0.05, 0.1) is 12.5 Å². The molecule has 0 spiro atoms. The third kappa shape index (κ3) is 4.54. The van der Waals surface area contributed by atoms with E-state index in [2.05, 4.69) is 33.8 Å². The second kappa shape index (κ2) is 7.47. The van der Waals surface area contributed by atoms with Gasteiger partial charge in [0.25, 0.3) is 0 Å². The molecular formula is C24H31FO3. The van der Waals surface area contributed by atoms with Crippen LogP contribution in [-0.4, -0.2) is 23.3 Å². The molecule has 1 saturated heterocycles. The van der Waals surface area contributed by atoms with Gasteiger partial charge in [0, 0.05) is 6.42 Å². The number of allylic oxidation sites excluding steroid dienone is 3. The summed E-state index contributed by atoms with van der Waals surface area (Å²) in [5, 5.41) is 9.86. The molecule has 3 rings (SSSR count). The Balaban J connectivity index is 2.04. The second-order valence-corrected chi connectivity index (χ2v) is 9.74. The average molecular weight is 387 g/mol. The minimum Gasteiger partial charge on any atom is -0.458 e. The zero-order valence-electron chi connectivity index (χ0n) is 17.5. The second-order valence-electron chi connectivity index (χ2n) is 9.74. The van der Waals surface area contributed by atoms with Crippen molar-refractivity contribution in [2.45, 2.75) is 72.5 Å². The summed E-state index contributed by atoms with van der Waals surface area (Å²) in [7, 11) is 0. The lowest BCUT2D eigenvalue weighted by atomic mass is 9.61. The maximum absolute atomic E-state index is 13.8. The van der Waals surface area contributed by atoms with Crippen molar-refractivity contribution >= 4 is 11.5 Å². The van der Waals surface area contributed by atoms with Gasteiger partial charge in [0.15, 0.2) is 0 Å². The summed E-state index contributed by atoms with van der Waals surface area (Å²) < 4.78 is 19.2. The van der Waals surface area contributed by atoms with Crippen LogP contribution in [0, 0.1) is 23.6 Å². The number of carbonyl (C=O) groups excluding carboxylic acids is 1. The fourth-order valence-electron chi connectivity index (χ4n) is 4.88. The Morgan fingerprint density at radius 2 is 1.96 bits per heavy atom. The third-order valence-corrected chi connectivity index (χ3v) is 5.80. The molecule has 4 heteroatoms. The Hall–Kier alpha value is -1.94.